The van der Waals surface area contributed by atoms with Gasteiger partial charge in [-0.25, -0.2) is 4.98 Å². The van der Waals surface area contributed by atoms with Crippen LogP contribution in [0.25, 0.3) is 0 Å². The summed E-state index contributed by atoms with van der Waals surface area (Å²) in [5.41, 5.74) is 0.502. The lowest BCUT2D eigenvalue weighted by atomic mass is 10.2. The molecule has 0 bridgehead atoms. The summed E-state index contributed by atoms with van der Waals surface area (Å²) in [5.74, 6) is -0.154. The van der Waals surface area contributed by atoms with Gasteiger partial charge in [-0.2, -0.15) is 0 Å². The lowest BCUT2D eigenvalue weighted by molar-refractivity contribution is 0.0935. The van der Waals surface area contributed by atoms with Gasteiger partial charge in [0.1, 0.15) is 0 Å². The first-order valence-corrected chi connectivity index (χ1v) is 5.95. The highest BCUT2D eigenvalue weighted by Crippen LogP contribution is 2.17. The highest BCUT2D eigenvalue weighted by molar-refractivity contribution is 9.10. The molecule has 2 aromatic heterocycles. The molecule has 0 aliphatic rings. The van der Waals surface area contributed by atoms with Crippen LogP contribution >= 0.6 is 15.9 Å². The SMILES string of the molecule is CC(Cn1ccnc1)NC(=O)c1ccoc1Br. The molecule has 5 nitrogen and oxygen atoms in total. The van der Waals surface area contributed by atoms with Crippen LogP contribution in [0.5, 0.6) is 0 Å². The maximum atomic E-state index is 11.8. The molecule has 0 radical (unpaired) electrons. The van der Waals surface area contributed by atoms with E-state index in [1.54, 1.807) is 18.6 Å². The topological polar surface area (TPSA) is 60.1 Å². The number of amides is 1. The molecular formula is C11H12BrN3O2. The molecule has 0 saturated heterocycles. The first kappa shape index (κ1) is 11.9. The third-order valence-electron chi connectivity index (χ3n) is 2.28. The van der Waals surface area contributed by atoms with Gasteiger partial charge in [0, 0.05) is 25.0 Å². The molecule has 1 atom stereocenters. The van der Waals surface area contributed by atoms with Crippen LogP contribution in [-0.2, 0) is 6.54 Å². The van der Waals surface area contributed by atoms with Crippen molar-refractivity contribution in [1.29, 1.82) is 0 Å². The number of hydrogen-bond donors (Lipinski definition) is 1. The number of aromatic nitrogens is 2. The van der Waals surface area contributed by atoms with Gasteiger partial charge < -0.3 is 14.3 Å². The average molecular weight is 298 g/mol. The zero-order valence-corrected chi connectivity index (χ0v) is 10.8. The van der Waals surface area contributed by atoms with Gasteiger partial charge in [0.25, 0.3) is 5.91 Å². The quantitative estimate of drug-likeness (QED) is 0.940. The number of carbonyl (C=O) groups excluding carboxylic acids is 1. The minimum atomic E-state index is -0.154. The first-order valence-electron chi connectivity index (χ1n) is 5.16. The normalized spacial score (nSPS) is 12.4. The van der Waals surface area contributed by atoms with Crippen LogP contribution in [0.2, 0.25) is 0 Å². The second-order valence-corrected chi connectivity index (χ2v) is 4.46. The number of furan rings is 1. The Labute approximate surface area is 107 Å². The Morgan fingerprint density at radius 1 is 1.71 bits per heavy atom. The van der Waals surface area contributed by atoms with Crippen molar-refractivity contribution in [1.82, 2.24) is 14.9 Å². The second-order valence-electron chi connectivity index (χ2n) is 3.74. The van der Waals surface area contributed by atoms with Gasteiger partial charge >= 0.3 is 0 Å². The lowest BCUT2D eigenvalue weighted by Crippen LogP contribution is -2.35. The molecule has 2 aromatic rings. The summed E-state index contributed by atoms with van der Waals surface area (Å²) in [7, 11) is 0. The number of imidazole rings is 1. The molecule has 1 N–H and O–H groups in total. The van der Waals surface area contributed by atoms with Crippen LogP contribution in [0.15, 0.2) is 40.1 Å². The van der Waals surface area contributed by atoms with Crippen LogP contribution in [0.3, 0.4) is 0 Å². The van der Waals surface area contributed by atoms with Crippen LogP contribution in [0, 0.1) is 0 Å². The Hall–Kier alpha value is -1.56. The van der Waals surface area contributed by atoms with Crippen LogP contribution in [0.1, 0.15) is 17.3 Å². The Bertz CT molecular complexity index is 493. The predicted octanol–water partition coefficient (Wildman–Crippen LogP) is 2.06. The average Bonchev–Trinajstić information content (AvgIpc) is 2.88. The number of hydrogen-bond acceptors (Lipinski definition) is 3. The summed E-state index contributed by atoms with van der Waals surface area (Å²) in [6.07, 6.45) is 6.76. The van der Waals surface area contributed by atoms with Crippen molar-refractivity contribution in [2.75, 3.05) is 0 Å². The van der Waals surface area contributed by atoms with Gasteiger partial charge in [-0.1, -0.05) is 0 Å². The number of rotatable bonds is 4. The minimum Gasteiger partial charge on any atom is -0.457 e. The molecule has 90 valence electrons. The zero-order valence-electron chi connectivity index (χ0n) is 9.26. The monoisotopic (exact) mass is 297 g/mol. The van der Waals surface area contributed by atoms with Crippen molar-refractivity contribution < 1.29 is 9.21 Å². The smallest absolute Gasteiger partial charge is 0.256 e. The largest absolute Gasteiger partial charge is 0.457 e. The van der Waals surface area contributed by atoms with Crippen molar-refractivity contribution in [3.63, 3.8) is 0 Å². The molecule has 0 spiro atoms. The van der Waals surface area contributed by atoms with Crippen LogP contribution in [0.4, 0.5) is 0 Å². The summed E-state index contributed by atoms with van der Waals surface area (Å²) in [6.45, 7) is 2.62. The van der Waals surface area contributed by atoms with Crippen molar-refractivity contribution in [2.24, 2.45) is 0 Å². The molecular weight excluding hydrogens is 286 g/mol. The minimum absolute atomic E-state index is 0.0125. The Balaban J connectivity index is 1.93. The molecule has 6 heteroatoms. The van der Waals surface area contributed by atoms with E-state index in [4.69, 9.17) is 4.42 Å². The molecule has 0 aromatic carbocycles. The first-order chi connectivity index (χ1) is 8.16. The van der Waals surface area contributed by atoms with E-state index in [2.05, 4.69) is 26.2 Å². The fraction of sp³-hybridized carbons (Fsp3) is 0.273. The van der Waals surface area contributed by atoms with E-state index in [1.165, 1.54) is 6.26 Å². The lowest BCUT2D eigenvalue weighted by Gasteiger charge is -2.13. The van der Waals surface area contributed by atoms with E-state index >= 15 is 0 Å². The van der Waals surface area contributed by atoms with Gasteiger partial charge in [0.15, 0.2) is 4.67 Å². The maximum Gasteiger partial charge on any atom is 0.256 e. The third-order valence-corrected chi connectivity index (χ3v) is 2.90. The zero-order chi connectivity index (χ0) is 12.3. The molecule has 0 saturated carbocycles. The van der Waals surface area contributed by atoms with Crippen molar-refractivity contribution in [2.45, 2.75) is 19.5 Å². The summed E-state index contributed by atoms with van der Waals surface area (Å²) < 4.78 is 7.37. The molecule has 0 fully saturated rings. The predicted molar refractivity (Wildman–Crippen MR) is 65.6 cm³/mol. The molecule has 0 aliphatic carbocycles. The van der Waals surface area contributed by atoms with Gasteiger partial charge in [0.2, 0.25) is 0 Å². The van der Waals surface area contributed by atoms with Gasteiger partial charge in [-0.15, -0.1) is 0 Å². The molecule has 1 unspecified atom stereocenters. The fourth-order valence-corrected chi connectivity index (χ4v) is 1.93. The molecule has 2 heterocycles. The highest BCUT2D eigenvalue weighted by atomic mass is 79.9. The number of carbonyl (C=O) groups is 1. The van der Waals surface area contributed by atoms with E-state index < -0.39 is 0 Å². The second kappa shape index (κ2) is 5.18. The van der Waals surface area contributed by atoms with E-state index in [0.717, 1.165) is 0 Å². The van der Waals surface area contributed by atoms with E-state index in [9.17, 15) is 4.79 Å². The van der Waals surface area contributed by atoms with Crippen LogP contribution < -0.4 is 5.32 Å². The maximum absolute atomic E-state index is 11.8. The van der Waals surface area contributed by atoms with Crippen molar-refractivity contribution in [3.8, 4) is 0 Å². The van der Waals surface area contributed by atoms with E-state index in [-0.39, 0.29) is 11.9 Å². The Morgan fingerprint density at radius 2 is 2.53 bits per heavy atom. The van der Waals surface area contributed by atoms with E-state index in [0.29, 0.717) is 16.8 Å². The summed E-state index contributed by atoms with van der Waals surface area (Å²) in [4.78, 5) is 15.8. The van der Waals surface area contributed by atoms with Crippen molar-refractivity contribution >= 4 is 21.8 Å². The van der Waals surface area contributed by atoms with Gasteiger partial charge in [-0.3, -0.25) is 4.79 Å². The van der Waals surface area contributed by atoms with Gasteiger partial charge in [0.05, 0.1) is 18.2 Å². The molecule has 17 heavy (non-hydrogen) atoms. The van der Waals surface area contributed by atoms with Crippen molar-refractivity contribution in [3.05, 3.63) is 41.3 Å². The number of halogens is 1. The van der Waals surface area contributed by atoms with E-state index in [1.807, 2.05) is 17.7 Å². The summed E-state index contributed by atoms with van der Waals surface area (Å²) >= 11 is 3.17. The number of nitrogens with zero attached hydrogens (tertiary/aromatic N) is 2. The summed E-state index contributed by atoms with van der Waals surface area (Å²) in [5, 5.41) is 2.88. The van der Waals surface area contributed by atoms with Gasteiger partial charge in [-0.05, 0) is 28.9 Å². The molecule has 0 aliphatic heterocycles. The van der Waals surface area contributed by atoms with Crippen LogP contribution in [-0.4, -0.2) is 21.5 Å². The molecule has 2 rings (SSSR count). The molecule has 1 amide bonds. The Morgan fingerprint density at radius 3 is 3.12 bits per heavy atom. The summed E-state index contributed by atoms with van der Waals surface area (Å²) in [6, 6.07) is 1.64. The fourth-order valence-electron chi connectivity index (χ4n) is 1.51. The standard InChI is InChI=1S/C11H12BrN3O2/c1-8(6-15-4-3-13-7-15)14-11(16)9-2-5-17-10(9)12/h2-5,7-8H,6H2,1H3,(H,14,16). The Kier molecular flexibility index (Phi) is 3.63. The number of nitrogens with one attached hydrogen (secondary N) is 1. The third kappa shape index (κ3) is 2.97. The highest BCUT2D eigenvalue weighted by Gasteiger charge is 2.14.